The number of hydrogen-bond acceptors (Lipinski definition) is 4. The van der Waals surface area contributed by atoms with E-state index in [1.807, 2.05) is 31.2 Å². The van der Waals surface area contributed by atoms with Crippen LogP contribution >= 0.6 is 11.6 Å². The Kier molecular flexibility index (Phi) is 7.51. The summed E-state index contributed by atoms with van der Waals surface area (Å²) in [5, 5.41) is 3.24. The molecule has 0 spiro atoms. The number of methoxy groups -OCH3 is 2. The highest BCUT2D eigenvalue weighted by Gasteiger charge is 2.10. The number of halogens is 1. The van der Waals surface area contributed by atoms with Crippen LogP contribution < -0.4 is 14.8 Å². The average Bonchev–Trinajstić information content (AvgIpc) is 2.61. The summed E-state index contributed by atoms with van der Waals surface area (Å²) in [6.45, 7) is 2.85. The van der Waals surface area contributed by atoms with Crippen molar-refractivity contribution >= 4 is 29.3 Å². The van der Waals surface area contributed by atoms with Crippen molar-refractivity contribution in [2.75, 3.05) is 26.1 Å². The molecule has 0 aromatic heterocycles. The summed E-state index contributed by atoms with van der Waals surface area (Å²) in [5.41, 5.74) is 2.43. The number of rotatable bonds is 8. The number of carbonyl (C=O) groups is 1. The van der Waals surface area contributed by atoms with Gasteiger partial charge in [0.05, 0.1) is 25.3 Å². The highest BCUT2D eigenvalue weighted by atomic mass is 35.5. The van der Waals surface area contributed by atoms with Crippen molar-refractivity contribution in [3.63, 3.8) is 0 Å². The van der Waals surface area contributed by atoms with Gasteiger partial charge in [-0.3, -0.25) is 4.79 Å². The summed E-state index contributed by atoms with van der Waals surface area (Å²) in [6, 6.07) is 11.0. The van der Waals surface area contributed by atoms with Crippen LogP contribution in [0.25, 0.3) is 6.08 Å². The van der Waals surface area contributed by atoms with E-state index >= 15 is 0 Å². The van der Waals surface area contributed by atoms with E-state index in [2.05, 4.69) is 5.32 Å². The molecule has 0 atom stereocenters. The van der Waals surface area contributed by atoms with Gasteiger partial charge in [-0.05, 0) is 48.4 Å². The van der Waals surface area contributed by atoms with Gasteiger partial charge in [0.25, 0.3) is 0 Å². The molecule has 5 nitrogen and oxygen atoms in total. The van der Waals surface area contributed by atoms with Gasteiger partial charge in [-0.25, -0.2) is 0 Å². The van der Waals surface area contributed by atoms with E-state index < -0.39 is 0 Å². The van der Waals surface area contributed by atoms with Gasteiger partial charge in [0.1, 0.15) is 0 Å². The first kappa shape index (κ1) is 19.8. The predicted molar refractivity (Wildman–Crippen MR) is 104 cm³/mol. The van der Waals surface area contributed by atoms with Crippen molar-refractivity contribution in [3.8, 4) is 11.5 Å². The molecule has 2 aromatic carbocycles. The largest absolute Gasteiger partial charge is 0.491 e. The van der Waals surface area contributed by atoms with E-state index in [-0.39, 0.29) is 5.91 Å². The van der Waals surface area contributed by atoms with E-state index in [4.69, 9.17) is 25.8 Å². The highest BCUT2D eigenvalue weighted by molar-refractivity contribution is 6.32. The van der Waals surface area contributed by atoms with Crippen LogP contribution in [0.4, 0.5) is 5.69 Å². The van der Waals surface area contributed by atoms with Gasteiger partial charge in [0.2, 0.25) is 5.91 Å². The molecule has 138 valence electrons. The molecule has 0 heterocycles. The topological polar surface area (TPSA) is 56.8 Å². The van der Waals surface area contributed by atoms with Crippen LogP contribution in [-0.4, -0.2) is 26.7 Å². The first-order chi connectivity index (χ1) is 12.6. The van der Waals surface area contributed by atoms with Crippen molar-refractivity contribution in [2.24, 2.45) is 0 Å². The molecule has 0 saturated carbocycles. The quantitative estimate of drug-likeness (QED) is 0.688. The van der Waals surface area contributed by atoms with E-state index in [1.165, 1.54) is 13.2 Å². The molecule has 1 N–H and O–H groups in total. The first-order valence-electron chi connectivity index (χ1n) is 8.14. The molecule has 0 radical (unpaired) electrons. The fourth-order valence-corrected chi connectivity index (χ4v) is 2.70. The van der Waals surface area contributed by atoms with Gasteiger partial charge in [0.15, 0.2) is 11.5 Å². The van der Waals surface area contributed by atoms with Crippen LogP contribution in [-0.2, 0) is 16.1 Å². The Bertz CT molecular complexity index is 789. The number of anilines is 1. The molecule has 0 bridgehead atoms. The summed E-state index contributed by atoms with van der Waals surface area (Å²) < 4.78 is 15.9. The molecule has 0 unspecified atom stereocenters. The lowest BCUT2D eigenvalue weighted by Gasteiger charge is -2.11. The Balaban J connectivity index is 2.11. The summed E-state index contributed by atoms with van der Waals surface area (Å²) in [5.74, 6) is 0.768. The normalized spacial score (nSPS) is 10.8. The monoisotopic (exact) mass is 375 g/mol. The van der Waals surface area contributed by atoms with E-state index in [1.54, 1.807) is 25.3 Å². The van der Waals surface area contributed by atoms with Crippen molar-refractivity contribution < 1.29 is 19.0 Å². The fourth-order valence-electron chi connectivity index (χ4n) is 2.41. The zero-order valence-electron chi connectivity index (χ0n) is 15.0. The maximum atomic E-state index is 12.2. The third-order valence-corrected chi connectivity index (χ3v) is 3.75. The number of hydrogen-bond donors (Lipinski definition) is 1. The number of ether oxygens (including phenoxy) is 3. The summed E-state index contributed by atoms with van der Waals surface area (Å²) >= 11 is 6.21. The van der Waals surface area contributed by atoms with Crippen molar-refractivity contribution in [3.05, 3.63) is 58.6 Å². The smallest absolute Gasteiger partial charge is 0.248 e. The van der Waals surface area contributed by atoms with Crippen molar-refractivity contribution in [1.82, 2.24) is 0 Å². The Morgan fingerprint density at radius 1 is 1.23 bits per heavy atom. The number of carbonyl (C=O) groups excluding carboxylic acids is 1. The molecule has 2 aromatic rings. The maximum Gasteiger partial charge on any atom is 0.248 e. The number of nitrogens with one attached hydrogen (secondary N) is 1. The molecular weight excluding hydrogens is 354 g/mol. The Labute approximate surface area is 158 Å². The SMILES string of the molecule is CCOc1cc(C=CC(=O)Nc2cccc(COC)c2)cc(Cl)c1OC. The van der Waals surface area contributed by atoms with E-state index in [0.717, 1.165) is 11.1 Å². The van der Waals surface area contributed by atoms with Crippen LogP contribution in [0, 0.1) is 0 Å². The molecule has 0 fully saturated rings. The van der Waals surface area contributed by atoms with Crippen LogP contribution in [0.15, 0.2) is 42.5 Å². The molecule has 0 aliphatic heterocycles. The molecule has 0 aliphatic carbocycles. The van der Waals surface area contributed by atoms with Crippen LogP contribution in [0.2, 0.25) is 5.02 Å². The molecule has 0 aliphatic rings. The lowest BCUT2D eigenvalue weighted by atomic mass is 10.1. The fraction of sp³-hybridized carbons (Fsp3) is 0.250. The number of benzene rings is 2. The minimum Gasteiger partial charge on any atom is -0.491 e. The van der Waals surface area contributed by atoms with Gasteiger partial charge >= 0.3 is 0 Å². The molecule has 0 saturated heterocycles. The third kappa shape index (κ3) is 5.51. The standard InChI is InChI=1S/C20H22ClNO4/c1-4-26-18-12-14(11-17(21)20(18)25-3)8-9-19(23)22-16-7-5-6-15(10-16)13-24-2/h5-12H,4,13H2,1-3H3,(H,22,23). The number of amides is 1. The summed E-state index contributed by atoms with van der Waals surface area (Å²) in [4.78, 5) is 12.2. The first-order valence-corrected chi connectivity index (χ1v) is 8.52. The zero-order valence-corrected chi connectivity index (χ0v) is 15.8. The Morgan fingerprint density at radius 2 is 2.04 bits per heavy atom. The second kappa shape index (κ2) is 9.85. The Morgan fingerprint density at radius 3 is 2.73 bits per heavy atom. The third-order valence-electron chi connectivity index (χ3n) is 3.47. The molecule has 26 heavy (non-hydrogen) atoms. The zero-order chi connectivity index (χ0) is 18.9. The molecule has 2 rings (SSSR count). The predicted octanol–water partition coefficient (Wildman–Crippen LogP) is 4.55. The maximum absolute atomic E-state index is 12.2. The Hall–Kier alpha value is -2.50. The van der Waals surface area contributed by atoms with Crippen LogP contribution in [0.1, 0.15) is 18.1 Å². The highest BCUT2D eigenvalue weighted by Crippen LogP contribution is 2.36. The van der Waals surface area contributed by atoms with Gasteiger partial charge in [-0.2, -0.15) is 0 Å². The van der Waals surface area contributed by atoms with Crippen molar-refractivity contribution in [2.45, 2.75) is 13.5 Å². The minimum absolute atomic E-state index is 0.246. The lowest BCUT2D eigenvalue weighted by molar-refractivity contribution is -0.111. The second-order valence-electron chi connectivity index (χ2n) is 5.42. The van der Waals surface area contributed by atoms with Crippen LogP contribution in [0.5, 0.6) is 11.5 Å². The summed E-state index contributed by atoms with van der Waals surface area (Å²) in [6.07, 6.45) is 3.11. The van der Waals surface area contributed by atoms with Gasteiger partial charge in [-0.15, -0.1) is 0 Å². The molecular formula is C20H22ClNO4. The van der Waals surface area contributed by atoms with E-state index in [9.17, 15) is 4.79 Å². The second-order valence-corrected chi connectivity index (χ2v) is 5.83. The molecule has 1 amide bonds. The van der Waals surface area contributed by atoms with Crippen LogP contribution in [0.3, 0.4) is 0 Å². The summed E-state index contributed by atoms with van der Waals surface area (Å²) in [7, 11) is 3.16. The van der Waals surface area contributed by atoms with E-state index in [0.29, 0.717) is 35.4 Å². The minimum atomic E-state index is -0.246. The van der Waals surface area contributed by atoms with Gasteiger partial charge < -0.3 is 19.5 Å². The average molecular weight is 376 g/mol. The molecule has 6 heteroatoms. The van der Waals surface area contributed by atoms with Gasteiger partial charge in [0, 0.05) is 18.9 Å². The van der Waals surface area contributed by atoms with Crippen molar-refractivity contribution in [1.29, 1.82) is 0 Å². The lowest BCUT2D eigenvalue weighted by Crippen LogP contribution is -2.08. The van der Waals surface area contributed by atoms with Gasteiger partial charge in [-0.1, -0.05) is 23.7 Å².